The first-order valence-electron chi connectivity index (χ1n) is 6.38. The summed E-state index contributed by atoms with van der Waals surface area (Å²) in [5.41, 5.74) is 2.07. The smallest absolute Gasteiger partial charge is 0.141 e. The van der Waals surface area contributed by atoms with E-state index < -0.39 is 5.82 Å². The van der Waals surface area contributed by atoms with Crippen molar-refractivity contribution >= 4 is 27.5 Å². The summed E-state index contributed by atoms with van der Waals surface area (Å²) in [5.74, 6) is -0.394. The molecule has 0 aliphatic carbocycles. The maximum Gasteiger partial charge on any atom is 0.141 e. The normalized spacial score (nSPS) is 12.4. The Labute approximate surface area is 131 Å². The van der Waals surface area contributed by atoms with Crippen LogP contribution in [0.4, 0.5) is 4.39 Å². The van der Waals surface area contributed by atoms with Gasteiger partial charge in [0.2, 0.25) is 0 Å². The third-order valence-corrected chi connectivity index (χ3v) is 3.72. The minimum absolute atomic E-state index is 0.0780. The number of aromatic nitrogens is 1. The van der Waals surface area contributed by atoms with Gasteiger partial charge in [-0.1, -0.05) is 24.6 Å². The lowest BCUT2D eigenvalue weighted by Crippen LogP contribution is -2.23. The summed E-state index contributed by atoms with van der Waals surface area (Å²) in [5, 5.41) is 3.54. The van der Waals surface area contributed by atoms with Crippen molar-refractivity contribution in [2.75, 3.05) is 6.54 Å². The largest absolute Gasteiger partial charge is 0.310 e. The maximum atomic E-state index is 13.3. The van der Waals surface area contributed by atoms with Gasteiger partial charge in [-0.05, 0) is 58.2 Å². The molecule has 0 aliphatic heterocycles. The summed E-state index contributed by atoms with van der Waals surface area (Å²) in [7, 11) is 0. The van der Waals surface area contributed by atoms with Gasteiger partial charge in [-0.25, -0.2) is 4.39 Å². The van der Waals surface area contributed by atoms with E-state index in [0.29, 0.717) is 0 Å². The number of hydrogen-bond acceptors (Lipinski definition) is 2. The summed E-state index contributed by atoms with van der Waals surface area (Å²) in [6.45, 7) is 2.86. The van der Waals surface area contributed by atoms with Gasteiger partial charge in [0.25, 0.3) is 0 Å². The number of nitrogens with one attached hydrogen (secondary N) is 1. The van der Waals surface area contributed by atoms with Crippen LogP contribution in [-0.4, -0.2) is 11.5 Å². The molecule has 1 N–H and O–H groups in total. The lowest BCUT2D eigenvalue weighted by molar-refractivity contribution is 0.546. The number of benzene rings is 1. The van der Waals surface area contributed by atoms with Crippen molar-refractivity contribution in [2.45, 2.75) is 19.4 Å². The van der Waals surface area contributed by atoms with Gasteiger partial charge in [0.05, 0.1) is 5.02 Å². The van der Waals surface area contributed by atoms with Crippen molar-refractivity contribution in [1.29, 1.82) is 0 Å². The standard InChI is InChI=1S/C15H15BrClFN2/c1-2-20-15(6-10-5-12(16)9-19-8-10)11-3-4-14(18)13(17)7-11/h3-5,7-9,15,20H,2,6H2,1H3. The molecule has 2 nitrogen and oxygen atoms in total. The first-order valence-corrected chi connectivity index (χ1v) is 7.55. The van der Waals surface area contributed by atoms with E-state index >= 15 is 0 Å². The van der Waals surface area contributed by atoms with Crippen LogP contribution < -0.4 is 5.32 Å². The minimum Gasteiger partial charge on any atom is -0.310 e. The van der Waals surface area contributed by atoms with Crippen molar-refractivity contribution in [2.24, 2.45) is 0 Å². The highest BCUT2D eigenvalue weighted by atomic mass is 79.9. The quantitative estimate of drug-likeness (QED) is 0.850. The Hall–Kier alpha value is -0.970. The molecule has 0 saturated heterocycles. The van der Waals surface area contributed by atoms with E-state index in [-0.39, 0.29) is 11.1 Å². The van der Waals surface area contributed by atoms with Crippen LogP contribution in [0, 0.1) is 5.82 Å². The highest BCUT2D eigenvalue weighted by Gasteiger charge is 2.13. The molecule has 1 heterocycles. The lowest BCUT2D eigenvalue weighted by atomic mass is 10.00. The molecule has 0 bridgehead atoms. The van der Waals surface area contributed by atoms with E-state index in [1.165, 1.54) is 6.07 Å². The summed E-state index contributed by atoms with van der Waals surface area (Å²) >= 11 is 9.28. The summed E-state index contributed by atoms with van der Waals surface area (Å²) in [4.78, 5) is 4.16. The van der Waals surface area contributed by atoms with Crippen LogP contribution in [0.1, 0.15) is 24.1 Å². The molecule has 1 aromatic carbocycles. The zero-order chi connectivity index (χ0) is 14.5. The van der Waals surface area contributed by atoms with Gasteiger partial charge < -0.3 is 5.32 Å². The van der Waals surface area contributed by atoms with E-state index in [0.717, 1.165) is 28.6 Å². The summed E-state index contributed by atoms with van der Waals surface area (Å²) in [6, 6.07) is 6.95. The fourth-order valence-electron chi connectivity index (χ4n) is 2.09. The van der Waals surface area contributed by atoms with E-state index in [4.69, 9.17) is 11.6 Å². The molecule has 1 unspecified atom stereocenters. The summed E-state index contributed by atoms with van der Waals surface area (Å²) in [6.07, 6.45) is 4.35. The molecule has 0 fully saturated rings. The third-order valence-electron chi connectivity index (χ3n) is 3.00. The molecule has 0 amide bonds. The second-order valence-corrected chi connectivity index (χ2v) is 5.82. The molecule has 5 heteroatoms. The van der Waals surface area contributed by atoms with Gasteiger partial charge in [0.1, 0.15) is 5.82 Å². The van der Waals surface area contributed by atoms with Crippen LogP contribution in [0.25, 0.3) is 0 Å². The van der Waals surface area contributed by atoms with Gasteiger partial charge in [-0.15, -0.1) is 0 Å². The number of hydrogen-bond donors (Lipinski definition) is 1. The molecule has 20 heavy (non-hydrogen) atoms. The van der Waals surface area contributed by atoms with Crippen LogP contribution >= 0.6 is 27.5 Å². The zero-order valence-electron chi connectivity index (χ0n) is 11.0. The fourth-order valence-corrected chi connectivity index (χ4v) is 2.69. The minimum atomic E-state index is -0.394. The first-order chi connectivity index (χ1) is 9.60. The van der Waals surface area contributed by atoms with Crippen molar-refractivity contribution in [1.82, 2.24) is 10.3 Å². The fraction of sp³-hybridized carbons (Fsp3) is 0.267. The molecule has 1 aromatic heterocycles. The van der Waals surface area contributed by atoms with Crippen molar-refractivity contribution < 1.29 is 4.39 Å². The number of halogens is 3. The predicted molar refractivity (Wildman–Crippen MR) is 83.5 cm³/mol. The topological polar surface area (TPSA) is 24.9 Å². The second kappa shape index (κ2) is 7.16. The van der Waals surface area contributed by atoms with Crippen molar-refractivity contribution in [3.8, 4) is 0 Å². The van der Waals surface area contributed by atoms with Gasteiger partial charge in [0.15, 0.2) is 0 Å². The lowest BCUT2D eigenvalue weighted by Gasteiger charge is -2.19. The molecule has 0 spiro atoms. The van der Waals surface area contributed by atoms with Crippen LogP contribution in [0.15, 0.2) is 41.1 Å². The average Bonchev–Trinajstić information content (AvgIpc) is 2.41. The zero-order valence-corrected chi connectivity index (χ0v) is 13.4. The van der Waals surface area contributed by atoms with E-state index in [1.807, 2.05) is 19.2 Å². The number of nitrogens with zero attached hydrogens (tertiary/aromatic N) is 1. The van der Waals surface area contributed by atoms with Crippen LogP contribution in [0.2, 0.25) is 5.02 Å². The monoisotopic (exact) mass is 356 g/mol. The Balaban J connectivity index is 2.24. The molecule has 2 rings (SSSR count). The molecule has 0 aliphatic rings. The Morgan fingerprint density at radius 1 is 1.35 bits per heavy atom. The average molecular weight is 358 g/mol. The van der Waals surface area contributed by atoms with E-state index in [1.54, 1.807) is 18.3 Å². The van der Waals surface area contributed by atoms with Gasteiger partial charge in [-0.3, -0.25) is 4.98 Å². The number of likely N-dealkylation sites (N-methyl/N-ethyl adjacent to an activating group) is 1. The highest BCUT2D eigenvalue weighted by molar-refractivity contribution is 9.10. The van der Waals surface area contributed by atoms with Gasteiger partial charge in [-0.2, -0.15) is 0 Å². The molecule has 0 radical (unpaired) electrons. The van der Waals surface area contributed by atoms with Crippen LogP contribution in [0.3, 0.4) is 0 Å². The Morgan fingerprint density at radius 3 is 2.80 bits per heavy atom. The Morgan fingerprint density at radius 2 is 2.15 bits per heavy atom. The first kappa shape index (κ1) is 15.4. The van der Waals surface area contributed by atoms with Gasteiger partial charge >= 0.3 is 0 Å². The SMILES string of the molecule is CCNC(Cc1cncc(Br)c1)c1ccc(F)c(Cl)c1. The van der Waals surface area contributed by atoms with E-state index in [9.17, 15) is 4.39 Å². The molecule has 106 valence electrons. The maximum absolute atomic E-state index is 13.3. The molecular formula is C15H15BrClFN2. The Bertz CT molecular complexity index is 592. The van der Waals surface area contributed by atoms with Crippen molar-refractivity contribution in [3.05, 3.63) is 63.1 Å². The Kier molecular flexibility index (Phi) is 5.52. The highest BCUT2D eigenvalue weighted by Crippen LogP contribution is 2.24. The second-order valence-electron chi connectivity index (χ2n) is 4.50. The summed E-state index contributed by atoms with van der Waals surface area (Å²) < 4.78 is 14.2. The van der Waals surface area contributed by atoms with Gasteiger partial charge in [0, 0.05) is 22.9 Å². The van der Waals surface area contributed by atoms with Crippen LogP contribution in [-0.2, 0) is 6.42 Å². The predicted octanol–water partition coefficient (Wildman–Crippen LogP) is 4.53. The molecule has 0 saturated carbocycles. The van der Waals surface area contributed by atoms with Crippen LogP contribution in [0.5, 0.6) is 0 Å². The number of rotatable bonds is 5. The third kappa shape index (κ3) is 4.01. The molecule has 1 atom stereocenters. The van der Waals surface area contributed by atoms with E-state index in [2.05, 4.69) is 26.2 Å². The molecule has 2 aromatic rings. The molecular weight excluding hydrogens is 343 g/mol. The number of pyridine rings is 1. The van der Waals surface area contributed by atoms with Crippen molar-refractivity contribution in [3.63, 3.8) is 0 Å².